The molecule has 3 rings (SSSR count). The standard InChI is InChI=1S/C22H30N4O5/c1-4-31-21(29)16-7-10-25(11-8-16)19(27)14-24(3)20(28)17-5-6-18(15(2)13-17)26-12-9-23-22(26)30/h5-6,13,16H,4,7-12,14H2,1-3H3,(H,23,30). The van der Waals surface area contributed by atoms with Crippen LogP contribution in [0.25, 0.3) is 0 Å². The Morgan fingerprint density at radius 3 is 2.48 bits per heavy atom. The number of esters is 1. The maximum atomic E-state index is 12.8. The average molecular weight is 431 g/mol. The molecule has 168 valence electrons. The topological polar surface area (TPSA) is 99.3 Å². The summed E-state index contributed by atoms with van der Waals surface area (Å²) in [6, 6.07) is 5.05. The third-order valence-electron chi connectivity index (χ3n) is 5.78. The van der Waals surface area contributed by atoms with Crippen molar-refractivity contribution in [2.75, 3.05) is 51.3 Å². The van der Waals surface area contributed by atoms with Crippen LogP contribution in [0.4, 0.5) is 10.5 Å². The quantitative estimate of drug-likeness (QED) is 0.688. The van der Waals surface area contributed by atoms with E-state index in [1.807, 2.05) is 6.92 Å². The number of anilines is 1. The number of piperidine rings is 1. The minimum absolute atomic E-state index is 0.0295. The van der Waals surface area contributed by atoms with Crippen molar-refractivity contribution in [3.8, 4) is 0 Å². The number of aryl methyl sites for hydroxylation is 1. The Kier molecular flexibility index (Phi) is 7.14. The van der Waals surface area contributed by atoms with Gasteiger partial charge in [0.05, 0.1) is 19.1 Å². The molecular formula is C22H30N4O5. The van der Waals surface area contributed by atoms with Gasteiger partial charge in [-0.2, -0.15) is 0 Å². The molecule has 0 spiro atoms. The van der Waals surface area contributed by atoms with Gasteiger partial charge in [0.1, 0.15) is 0 Å². The zero-order valence-electron chi connectivity index (χ0n) is 18.3. The maximum absolute atomic E-state index is 12.8. The summed E-state index contributed by atoms with van der Waals surface area (Å²) in [6.07, 6.45) is 1.15. The van der Waals surface area contributed by atoms with Crippen molar-refractivity contribution in [3.63, 3.8) is 0 Å². The van der Waals surface area contributed by atoms with E-state index in [1.54, 1.807) is 42.0 Å². The van der Waals surface area contributed by atoms with Crippen LogP contribution in [0.5, 0.6) is 0 Å². The fourth-order valence-electron chi connectivity index (χ4n) is 4.01. The highest BCUT2D eigenvalue weighted by atomic mass is 16.5. The van der Waals surface area contributed by atoms with Crippen LogP contribution < -0.4 is 10.2 Å². The van der Waals surface area contributed by atoms with E-state index in [-0.39, 0.29) is 36.3 Å². The van der Waals surface area contributed by atoms with E-state index in [2.05, 4.69) is 5.32 Å². The molecule has 0 bridgehead atoms. The molecule has 0 saturated carbocycles. The molecule has 0 unspecified atom stereocenters. The van der Waals surface area contributed by atoms with Crippen molar-refractivity contribution in [1.29, 1.82) is 0 Å². The summed E-state index contributed by atoms with van der Waals surface area (Å²) < 4.78 is 5.06. The predicted octanol–water partition coefficient (Wildman–Crippen LogP) is 1.40. The fourth-order valence-corrected chi connectivity index (χ4v) is 4.01. The summed E-state index contributed by atoms with van der Waals surface area (Å²) in [5, 5.41) is 2.76. The van der Waals surface area contributed by atoms with Crippen LogP contribution in [0.15, 0.2) is 18.2 Å². The van der Waals surface area contributed by atoms with Gasteiger partial charge in [0, 0.05) is 44.5 Å². The molecule has 1 N–H and O–H groups in total. The molecule has 2 aliphatic rings. The Bertz CT molecular complexity index is 863. The van der Waals surface area contributed by atoms with Crippen molar-refractivity contribution >= 4 is 29.5 Å². The number of benzene rings is 1. The van der Waals surface area contributed by atoms with E-state index in [0.717, 1.165) is 11.3 Å². The molecular weight excluding hydrogens is 400 g/mol. The number of likely N-dealkylation sites (N-methyl/N-ethyl adjacent to an activating group) is 1. The molecule has 0 aliphatic carbocycles. The monoisotopic (exact) mass is 430 g/mol. The van der Waals surface area contributed by atoms with Gasteiger partial charge in [0.2, 0.25) is 5.91 Å². The molecule has 31 heavy (non-hydrogen) atoms. The molecule has 2 fully saturated rings. The number of likely N-dealkylation sites (tertiary alicyclic amines) is 1. The van der Waals surface area contributed by atoms with E-state index in [1.165, 1.54) is 4.90 Å². The van der Waals surface area contributed by atoms with E-state index >= 15 is 0 Å². The SMILES string of the molecule is CCOC(=O)C1CCN(C(=O)CN(C)C(=O)c2ccc(N3CCNC3=O)c(C)c2)CC1. The van der Waals surface area contributed by atoms with Gasteiger partial charge in [-0.15, -0.1) is 0 Å². The van der Waals surface area contributed by atoms with Gasteiger partial charge in [0.15, 0.2) is 0 Å². The molecule has 4 amide bonds. The summed E-state index contributed by atoms with van der Waals surface area (Å²) in [4.78, 5) is 53.9. The third-order valence-corrected chi connectivity index (χ3v) is 5.78. The number of urea groups is 1. The maximum Gasteiger partial charge on any atom is 0.322 e. The Labute approximate surface area is 182 Å². The first-order chi connectivity index (χ1) is 14.8. The lowest BCUT2D eigenvalue weighted by molar-refractivity contribution is -0.151. The second-order valence-electron chi connectivity index (χ2n) is 7.95. The summed E-state index contributed by atoms with van der Waals surface area (Å²) in [5.41, 5.74) is 2.07. The van der Waals surface area contributed by atoms with Gasteiger partial charge < -0.3 is 19.9 Å². The number of nitrogens with zero attached hydrogens (tertiary/aromatic N) is 3. The molecule has 2 aliphatic heterocycles. The Morgan fingerprint density at radius 2 is 1.90 bits per heavy atom. The molecule has 9 nitrogen and oxygen atoms in total. The number of ether oxygens (including phenoxy) is 1. The number of carbonyl (C=O) groups is 4. The van der Waals surface area contributed by atoms with Gasteiger partial charge >= 0.3 is 12.0 Å². The smallest absolute Gasteiger partial charge is 0.322 e. The first kappa shape index (κ1) is 22.6. The van der Waals surface area contributed by atoms with Gasteiger partial charge in [-0.25, -0.2) is 4.79 Å². The minimum Gasteiger partial charge on any atom is -0.466 e. The first-order valence-corrected chi connectivity index (χ1v) is 10.7. The molecule has 9 heteroatoms. The van der Waals surface area contributed by atoms with E-state index in [4.69, 9.17) is 4.74 Å². The van der Waals surface area contributed by atoms with Crippen LogP contribution >= 0.6 is 0 Å². The predicted molar refractivity (Wildman–Crippen MR) is 115 cm³/mol. The summed E-state index contributed by atoms with van der Waals surface area (Å²) in [5.74, 6) is -0.759. The Hall–Kier alpha value is -3.10. The highest BCUT2D eigenvalue weighted by Gasteiger charge is 2.29. The van der Waals surface area contributed by atoms with Crippen molar-refractivity contribution in [3.05, 3.63) is 29.3 Å². The van der Waals surface area contributed by atoms with Gasteiger partial charge in [-0.3, -0.25) is 19.3 Å². The van der Waals surface area contributed by atoms with E-state index in [9.17, 15) is 19.2 Å². The molecule has 0 aromatic heterocycles. The van der Waals surface area contributed by atoms with Crippen molar-refractivity contribution in [2.24, 2.45) is 5.92 Å². The molecule has 2 saturated heterocycles. The largest absolute Gasteiger partial charge is 0.466 e. The Balaban J connectivity index is 1.55. The Morgan fingerprint density at radius 1 is 1.19 bits per heavy atom. The lowest BCUT2D eigenvalue weighted by Gasteiger charge is -2.32. The summed E-state index contributed by atoms with van der Waals surface area (Å²) in [6.45, 7) is 6.12. The summed E-state index contributed by atoms with van der Waals surface area (Å²) in [7, 11) is 1.60. The first-order valence-electron chi connectivity index (χ1n) is 10.7. The second-order valence-corrected chi connectivity index (χ2v) is 7.95. The van der Waals surface area contributed by atoms with E-state index < -0.39 is 0 Å². The zero-order chi connectivity index (χ0) is 22.5. The van der Waals surface area contributed by atoms with Crippen LogP contribution in [-0.2, 0) is 14.3 Å². The molecule has 2 heterocycles. The van der Waals surface area contributed by atoms with Crippen LogP contribution in [0.1, 0.15) is 35.7 Å². The lowest BCUT2D eigenvalue weighted by Crippen LogP contribution is -2.45. The fraction of sp³-hybridized carbons (Fsp3) is 0.545. The van der Waals surface area contributed by atoms with Crippen LogP contribution in [0.2, 0.25) is 0 Å². The zero-order valence-corrected chi connectivity index (χ0v) is 18.3. The number of amides is 4. The average Bonchev–Trinajstić information content (AvgIpc) is 3.18. The van der Waals surface area contributed by atoms with Crippen molar-refractivity contribution in [2.45, 2.75) is 26.7 Å². The number of rotatable bonds is 6. The normalized spacial score (nSPS) is 16.8. The van der Waals surface area contributed by atoms with Crippen molar-refractivity contribution < 1.29 is 23.9 Å². The third kappa shape index (κ3) is 5.15. The number of nitrogens with one attached hydrogen (secondary N) is 1. The van der Waals surface area contributed by atoms with E-state index in [0.29, 0.717) is 51.2 Å². The van der Waals surface area contributed by atoms with Crippen LogP contribution in [0.3, 0.4) is 0 Å². The number of carbonyl (C=O) groups excluding carboxylic acids is 4. The van der Waals surface area contributed by atoms with Gasteiger partial charge in [-0.1, -0.05) is 0 Å². The summed E-state index contributed by atoms with van der Waals surface area (Å²) >= 11 is 0. The highest BCUT2D eigenvalue weighted by Crippen LogP contribution is 2.24. The van der Waals surface area contributed by atoms with Crippen LogP contribution in [0, 0.1) is 12.8 Å². The number of hydrogen-bond donors (Lipinski definition) is 1. The van der Waals surface area contributed by atoms with Crippen molar-refractivity contribution in [1.82, 2.24) is 15.1 Å². The molecule has 0 atom stereocenters. The molecule has 0 radical (unpaired) electrons. The van der Waals surface area contributed by atoms with Crippen LogP contribution in [-0.4, -0.2) is 80.0 Å². The highest BCUT2D eigenvalue weighted by molar-refractivity contribution is 5.99. The molecule has 1 aromatic rings. The van der Waals surface area contributed by atoms with Gasteiger partial charge in [-0.05, 0) is 50.5 Å². The number of hydrogen-bond acceptors (Lipinski definition) is 5. The molecule has 1 aromatic carbocycles. The minimum atomic E-state index is -0.254. The second kappa shape index (κ2) is 9.80. The lowest BCUT2D eigenvalue weighted by atomic mass is 9.97. The van der Waals surface area contributed by atoms with Gasteiger partial charge in [0.25, 0.3) is 5.91 Å².